The average molecular weight is 196 g/mol. The Labute approximate surface area is 83.5 Å². The fourth-order valence-electron chi connectivity index (χ4n) is 1.04. The van der Waals surface area contributed by atoms with Gasteiger partial charge in [-0.3, -0.25) is 4.79 Å². The lowest BCUT2D eigenvalue weighted by atomic mass is 10.2. The highest BCUT2D eigenvalue weighted by Gasteiger charge is 2.03. The Morgan fingerprint density at radius 1 is 1.71 bits per heavy atom. The van der Waals surface area contributed by atoms with Crippen molar-refractivity contribution in [2.24, 2.45) is 5.73 Å². The van der Waals surface area contributed by atoms with Crippen LogP contribution < -0.4 is 11.1 Å². The van der Waals surface area contributed by atoms with Crippen molar-refractivity contribution in [1.29, 1.82) is 0 Å². The minimum absolute atomic E-state index is 0.0310. The van der Waals surface area contributed by atoms with Gasteiger partial charge in [0.15, 0.2) is 0 Å². The summed E-state index contributed by atoms with van der Waals surface area (Å²) in [6, 6.07) is 1.90. The van der Waals surface area contributed by atoms with Crippen molar-refractivity contribution in [3.05, 3.63) is 24.2 Å². The molecule has 1 aromatic heterocycles. The Hall–Kier alpha value is -1.29. The lowest BCUT2D eigenvalue weighted by Crippen LogP contribution is -2.25. The Morgan fingerprint density at radius 2 is 2.50 bits per heavy atom. The minimum atomic E-state index is 0.0310. The lowest BCUT2D eigenvalue weighted by molar-refractivity contribution is -0.121. The first kappa shape index (κ1) is 10.8. The number of hydrogen-bond donors (Lipinski definition) is 2. The van der Waals surface area contributed by atoms with Gasteiger partial charge in [-0.2, -0.15) is 0 Å². The molecule has 1 atom stereocenters. The number of amides is 1. The maximum atomic E-state index is 11.2. The van der Waals surface area contributed by atoms with Crippen LogP contribution in [0, 0.1) is 0 Å². The maximum Gasteiger partial charge on any atom is 0.220 e. The zero-order valence-corrected chi connectivity index (χ0v) is 8.32. The second-order valence-electron chi connectivity index (χ2n) is 3.42. The normalized spacial score (nSPS) is 12.4. The highest BCUT2D eigenvalue weighted by Crippen LogP contribution is 1.99. The molecule has 4 nitrogen and oxygen atoms in total. The first-order valence-electron chi connectivity index (χ1n) is 4.72. The molecule has 14 heavy (non-hydrogen) atoms. The molecule has 78 valence electrons. The van der Waals surface area contributed by atoms with Gasteiger partial charge in [0.25, 0.3) is 0 Å². The van der Waals surface area contributed by atoms with E-state index >= 15 is 0 Å². The molecule has 0 aromatic carbocycles. The molecule has 1 rings (SSSR count). The molecule has 0 fully saturated rings. The van der Waals surface area contributed by atoms with E-state index in [9.17, 15) is 4.79 Å². The van der Waals surface area contributed by atoms with Crippen LogP contribution in [-0.4, -0.2) is 11.9 Å². The molecular weight excluding hydrogens is 180 g/mol. The SMILES string of the molecule is CC(N)CCC(=O)NCc1ccoc1. The van der Waals surface area contributed by atoms with Crippen molar-refractivity contribution < 1.29 is 9.21 Å². The van der Waals surface area contributed by atoms with Gasteiger partial charge in [0.1, 0.15) is 0 Å². The van der Waals surface area contributed by atoms with Gasteiger partial charge in [-0.05, 0) is 19.4 Å². The molecule has 0 aliphatic carbocycles. The van der Waals surface area contributed by atoms with Crippen LogP contribution in [0.1, 0.15) is 25.3 Å². The predicted octanol–water partition coefficient (Wildman–Crippen LogP) is 1.02. The largest absolute Gasteiger partial charge is 0.472 e. The van der Waals surface area contributed by atoms with E-state index in [0.29, 0.717) is 13.0 Å². The van der Waals surface area contributed by atoms with E-state index in [1.54, 1.807) is 12.5 Å². The summed E-state index contributed by atoms with van der Waals surface area (Å²) in [7, 11) is 0. The van der Waals surface area contributed by atoms with Crippen LogP contribution in [0.15, 0.2) is 23.0 Å². The third kappa shape index (κ3) is 4.09. The lowest BCUT2D eigenvalue weighted by Gasteiger charge is -2.05. The summed E-state index contributed by atoms with van der Waals surface area (Å²) < 4.78 is 4.87. The van der Waals surface area contributed by atoms with E-state index in [2.05, 4.69) is 5.32 Å². The zero-order valence-electron chi connectivity index (χ0n) is 8.32. The van der Waals surface area contributed by atoms with Gasteiger partial charge in [0, 0.05) is 24.6 Å². The van der Waals surface area contributed by atoms with Gasteiger partial charge in [0.05, 0.1) is 12.5 Å². The van der Waals surface area contributed by atoms with Crippen molar-refractivity contribution in [2.75, 3.05) is 0 Å². The van der Waals surface area contributed by atoms with E-state index in [4.69, 9.17) is 10.2 Å². The quantitative estimate of drug-likeness (QED) is 0.738. The van der Waals surface area contributed by atoms with Crippen molar-refractivity contribution in [3.63, 3.8) is 0 Å². The summed E-state index contributed by atoms with van der Waals surface area (Å²) in [4.78, 5) is 11.2. The maximum absolute atomic E-state index is 11.2. The molecule has 0 aliphatic rings. The second kappa shape index (κ2) is 5.44. The summed E-state index contributed by atoms with van der Waals surface area (Å²) >= 11 is 0. The van der Waals surface area contributed by atoms with Gasteiger partial charge in [0.2, 0.25) is 5.91 Å². The molecule has 0 saturated carbocycles. The Morgan fingerprint density at radius 3 is 3.07 bits per heavy atom. The molecule has 0 saturated heterocycles. The fourth-order valence-corrected chi connectivity index (χ4v) is 1.04. The van der Waals surface area contributed by atoms with Gasteiger partial charge < -0.3 is 15.5 Å². The number of hydrogen-bond acceptors (Lipinski definition) is 3. The van der Waals surface area contributed by atoms with Crippen molar-refractivity contribution in [2.45, 2.75) is 32.4 Å². The van der Waals surface area contributed by atoms with Crippen LogP contribution in [0.3, 0.4) is 0 Å². The zero-order chi connectivity index (χ0) is 10.4. The molecule has 1 heterocycles. The molecule has 4 heteroatoms. The minimum Gasteiger partial charge on any atom is -0.472 e. The number of carbonyl (C=O) groups is 1. The monoisotopic (exact) mass is 196 g/mol. The summed E-state index contributed by atoms with van der Waals surface area (Å²) in [5.74, 6) is 0.0310. The first-order valence-corrected chi connectivity index (χ1v) is 4.72. The summed E-state index contributed by atoms with van der Waals surface area (Å²) in [6.07, 6.45) is 4.40. The third-order valence-electron chi connectivity index (χ3n) is 1.90. The Bertz CT molecular complexity index is 268. The molecule has 1 unspecified atom stereocenters. The predicted molar refractivity (Wildman–Crippen MR) is 53.4 cm³/mol. The van der Waals surface area contributed by atoms with Gasteiger partial charge in [-0.25, -0.2) is 0 Å². The molecule has 1 aromatic rings. The van der Waals surface area contributed by atoms with Crippen LogP contribution in [-0.2, 0) is 11.3 Å². The number of nitrogens with two attached hydrogens (primary N) is 1. The molecular formula is C10H16N2O2. The number of furan rings is 1. The highest BCUT2D eigenvalue weighted by molar-refractivity contribution is 5.75. The topological polar surface area (TPSA) is 68.3 Å². The van der Waals surface area contributed by atoms with E-state index in [-0.39, 0.29) is 11.9 Å². The van der Waals surface area contributed by atoms with Crippen LogP contribution in [0.2, 0.25) is 0 Å². The first-order chi connectivity index (χ1) is 6.68. The average Bonchev–Trinajstić information content (AvgIpc) is 2.63. The number of nitrogens with one attached hydrogen (secondary N) is 1. The van der Waals surface area contributed by atoms with Gasteiger partial charge in [-0.15, -0.1) is 0 Å². The summed E-state index contributed by atoms with van der Waals surface area (Å²) in [5, 5.41) is 2.79. The summed E-state index contributed by atoms with van der Waals surface area (Å²) in [6.45, 7) is 2.41. The van der Waals surface area contributed by atoms with Crippen LogP contribution in [0.5, 0.6) is 0 Å². The Kier molecular flexibility index (Phi) is 4.19. The standard InChI is InChI=1S/C10H16N2O2/c1-8(11)2-3-10(13)12-6-9-4-5-14-7-9/h4-5,7-8H,2-3,6,11H2,1H3,(H,12,13). The van der Waals surface area contributed by atoms with Crippen LogP contribution in [0.25, 0.3) is 0 Å². The molecule has 3 N–H and O–H groups in total. The molecule has 1 amide bonds. The summed E-state index contributed by atoms with van der Waals surface area (Å²) in [5.41, 5.74) is 6.51. The van der Waals surface area contributed by atoms with E-state index < -0.39 is 0 Å². The van der Waals surface area contributed by atoms with Crippen molar-refractivity contribution in [1.82, 2.24) is 5.32 Å². The van der Waals surface area contributed by atoms with E-state index in [1.807, 2.05) is 13.0 Å². The van der Waals surface area contributed by atoms with E-state index in [0.717, 1.165) is 12.0 Å². The van der Waals surface area contributed by atoms with E-state index in [1.165, 1.54) is 0 Å². The van der Waals surface area contributed by atoms with Crippen molar-refractivity contribution in [3.8, 4) is 0 Å². The molecule has 0 bridgehead atoms. The molecule has 0 radical (unpaired) electrons. The van der Waals surface area contributed by atoms with Gasteiger partial charge >= 0.3 is 0 Å². The number of rotatable bonds is 5. The molecule has 0 aliphatic heterocycles. The second-order valence-corrected chi connectivity index (χ2v) is 3.42. The Balaban J connectivity index is 2.15. The van der Waals surface area contributed by atoms with Crippen LogP contribution >= 0.6 is 0 Å². The van der Waals surface area contributed by atoms with Crippen molar-refractivity contribution >= 4 is 5.91 Å². The van der Waals surface area contributed by atoms with Gasteiger partial charge in [-0.1, -0.05) is 0 Å². The van der Waals surface area contributed by atoms with Crippen LogP contribution in [0.4, 0.5) is 0 Å². The molecule has 0 spiro atoms. The fraction of sp³-hybridized carbons (Fsp3) is 0.500. The number of carbonyl (C=O) groups excluding carboxylic acids is 1. The third-order valence-corrected chi connectivity index (χ3v) is 1.90. The highest BCUT2D eigenvalue weighted by atomic mass is 16.3. The smallest absolute Gasteiger partial charge is 0.220 e.